The first kappa shape index (κ1) is 11.1. The zero-order valence-electron chi connectivity index (χ0n) is 8.99. The van der Waals surface area contributed by atoms with Crippen LogP contribution in [0.3, 0.4) is 0 Å². The summed E-state index contributed by atoms with van der Waals surface area (Å²) in [6.45, 7) is 1.77. The number of carbonyl (C=O) groups is 2. The highest BCUT2D eigenvalue weighted by molar-refractivity contribution is 8.01. The number of Topliss-reactive ketones (excluding diaryl/α,β-unsaturated/α-hetero) is 2. The number of hydrogen-bond acceptors (Lipinski definition) is 3. The Labute approximate surface area is 94.5 Å². The van der Waals surface area contributed by atoms with E-state index in [4.69, 9.17) is 0 Å². The second-order valence-corrected chi connectivity index (χ2v) is 6.22. The maximum atomic E-state index is 12.0. The van der Waals surface area contributed by atoms with Crippen molar-refractivity contribution in [3.63, 3.8) is 0 Å². The Morgan fingerprint density at radius 1 is 1.50 bits per heavy atom. The molecule has 1 aliphatic heterocycles. The minimum Gasteiger partial charge on any atom is -0.294 e. The van der Waals surface area contributed by atoms with Crippen molar-refractivity contribution in [1.82, 2.24) is 0 Å². The molecule has 2 rings (SSSR count). The topological polar surface area (TPSA) is 51.2 Å². The molecule has 0 saturated carbocycles. The van der Waals surface area contributed by atoms with Gasteiger partial charge in [-0.15, -0.1) is 0 Å². The van der Waals surface area contributed by atoms with Crippen LogP contribution < -0.4 is 0 Å². The lowest BCUT2D eigenvalue weighted by Gasteiger charge is -2.03. The van der Waals surface area contributed by atoms with Gasteiger partial charge in [-0.25, -0.2) is 0 Å². The highest BCUT2D eigenvalue weighted by Gasteiger charge is 2.29. The van der Waals surface area contributed by atoms with Crippen LogP contribution in [0.4, 0.5) is 0 Å². The van der Waals surface area contributed by atoms with Gasteiger partial charge in [-0.05, 0) is 18.0 Å². The number of benzene rings is 1. The fourth-order valence-electron chi connectivity index (χ4n) is 1.81. The average Bonchev–Trinajstić information content (AvgIpc) is 2.48. The molecule has 0 aliphatic carbocycles. The lowest BCUT2D eigenvalue weighted by molar-refractivity contribution is 0.0984. The van der Waals surface area contributed by atoms with Crippen molar-refractivity contribution in [3.05, 3.63) is 29.3 Å². The van der Waals surface area contributed by atoms with Crippen LogP contribution in [0.2, 0.25) is 0 Å². The molecule has 0 amide bonds. The maximum absolute atomic E-state index is 12.0. The first-order valence-electron chi connectivity index (χ1n) is 5.01. The van der Waals surface area contributed by atoms with Gasteiger partial charge in [0.1, 0.15) is 0 Å². The SMILES string of the molecule is C=S1(=O)CC(=O)c2ccc(C(=O)CC)cc21. The molecular formula is C12H12O3S. The Kier molecular flexibility index (Phi) is 2.46. The summed E-state index contributed by atoms with van der Waals surface area (Å²) in [5, 5.41) is 0. The highest BCUT2D eigenvalue weighted by Crippen LogP contribution is 2.27. The van der Waals surface area contributed by atoms with Crippen molar-refractivity contribution in [2.24, 2.45) is 0 Å². The summed E-state index contributed by atoms with van der Waals surface area (Å²) in [6.07, 6.45) is 0.394. The standard InChI is InChI=1S/C12H12O3S/c1-3-10(13)8-4-5-9-11(14)7-16(2,15)12(9)6-8/h4-6H,2-3,7H2,1H3. The molecule has 84 valence electrons. The second kappa shape index (κ2) is 3.56. The maximum Gasteiger partial charge on any atom is 0.176 e. The molecule has 3 nitrogen and oxygen atoms in total. The van der Waals surface area contributed by atoms with Crippen molar-refractivity contribution in [2.45, 2.75) is 18.2 Å². The summed E-state index contributed by atoms with van der Waals surface area (Å²) in [6, 6.07) is 4.75. The molecule has 1 unspecified atom stereocenters. The van der Waals surface area contributed by atoms with E-state index in [0.29, 0.717) is 22.4 Å². The second-order valence-electron chi connectivity index (χ2n) is 3.87. The normalized spacial score (nSPS) is 23.2. The third-order valence-corrected chi connectivity index (χ3v) is 4.56. The molecule has 0 radical (unpaired) electrons. The van der Waals surface area contributed by atoms with Gasteiger partial charge in [0.25, 0.3) is 0 Å². The number of fused-ring (bicyclic) bond motifs is 1. The third kappa shape index (κ3) is 1.59. The van der Waals surface area contributed by atoms with Gasteiger partial charge in [0.2, 0.25) is 0 Å². The van der Waals surface area contributed by atoms with Crippen LogP contribution in [0.15, 0.2) is 23.1 Å². The first-order chi connectivity index (χ1) is 7.45. The minimum atomic E-state index is -2.52. The molecule has 0 aromatic heterocycles. The summed E-state index contributed by atoms with van der Waals surface area (Å²) in [7, 11) is -2.52. The lowest BCUT2D eigenvalue weighted by atomic mass is 10.1. The zero-order chi connectivity index (χ0) is 11.9. The van der Waals surface area contributed by atoms with E-state index in [1.165, 1.54) is 0 Å². The molecular weight excluding hydrogens is 224 g/mol. The molecule has 16 heavy (non-hydrogen) atoms. The van der Waals surface area contributed by atoms with Gasteiger partial charge >= 0.3 is 0 Å². The van der Waals surface area contributed by atoms with Crippen molar-refractivity contribution in [1.29, 1.82) is 0 Å². The van der Waals surface area contributed by atoms with E-state index in [2.05, 4.69) is 5.87 Å². The zero-order valence-corrected chi connectivity index (χ0v) is 9.80. The summed E-state index contributed by atoms with van der Waals surface area (Å²) in [4.78, 5) is 23.5. The van der Waals surface area contributed by atoms with Crippen LogP contribution in [0.1, 0.15) is 34.1 Å². The Balaban J connectivity index is 2.64. The molecule has 0 N–H and O–H groups in total. The highest BCUT2D eigenvalue weighted by atomic mass is 32.2. The van der Waals surface area contributed by atoms with Crippen molar-refractivity contribution in [2.75, 3.05) is 5.75 Å². The van der Waals surface area contributed by atoms with E-state index < -0.39 is 9.52 Å². The van der Waals surface area contributed by atoms with Gasteiger partial charge in [-0.2, -0.15) is 0 Å². The molecule has 4 heteroatoms. The molecule has 0 bridgehead atoms. The fraction of sp³-hybridized carbons (Fsp3) is 0.250. The average molecular weight is 236 g/mol. The van der Waals surface area contributed by atoms with Crippen molar-refractivity contribution < 1.29 is 13.8 Å². The van der Waals surface area contributed by atoms with Gasteiger partial charge in [-0.3, -0.25) is 13.8 Å². The molecule has 1 aromatic rings. The summed E-state index contributed by atoms with van der Waals surface area (Å²) >= 11 is 0. The van der Waals surface area contributed by atoms with E-state index in [9.17, 15) is 13.8 Å². The predicted molar refractivity (Wildman–Crippen MR) is 63.8 cm³/mol. The van der Waals surface area contributed by atoms with Gasteiger partial charge in [-0.1, -0.05) is 13.0 Å². The van der Waals surface area contributed by atoms with Crippen molar-refractivity contribution >= 4 is 27.0 Å². The van der Waals surface area contributed by atoms with Crippen LogP contribution >= 0.6 is 0 Å². The molecule has 1 aliphatic rings. The molecule has 1 heterocycles. The number of carbonyl (C=O) groups excluding carboxylic acids is 2. The minimum absolute atomic E-state index is 0.0163. The molecule has 0 spiro atoms. The van der Waals surface area contributed by atoms with E-state index >= 15 is 0 Å². The summed E-state index contributed by atoms with van der Waals surface area (Å²) in [5.41, 5.74) is 0.958. The largest absolute Gasteiger partial charge is 0.294 e. The van der Waals surface area contributed by atoms with Gasteiger partial charge in [0.05, 0.1) is 5.75 Å². The summed E-state index contributed by atoms with van der Waals surface area (Å²) < 4.78 is 12.0. The van der Waals surface area contributed by atoms with E-state index in [-0.39, 0.29) is 17.3 Å². The first-order valence-corrected chi connectivity index (χ1v) is 6.90. The number of hydrogen-bond donors (Lipinski definition) is 0. The predicted octanol–water partition coefficient (Wildman–Crippen LogP) is 1.55. The van der Waals surface area contributed by atoms with E-state index in [1.807, 2.05) is 0 Å². The smallest absolute Gasteiger partial charge is 0.176 e. The third-order valence-electron chi connectivity index (χ3n) is 2.69. The van der Waals surface area contributed by atoms with Crippen molar-refractivity contribution in [3.8, 4) is 0 Å². The number of ketones is 2. The molecule has 1 aromatic carbocycles. The molecule has 1 atom stereocenters. The van der Waals surface area contributed by atoms with Crippen LogP contribution in [-0.2, 0) is 9.52 Å². The Hall–Kier alpha value is -1.42. The van der Waals surface area contributed by atoms with Crippen LogP contribution in [0, 0.1) is 0 Å². The monoisotopic (exact) mass is 236 g/mol. The number of rotatable bonds is 2. The van der Waals surface area contributed by atoms with Gasteiger partial charge in [0.15, 0.2) is 11.6 Å². The van der Waals surface area contributed by atoms with Gasteiger partial charge in [0, 0.05) is 32.0 Å². The molecule has 0 saturated heterocycles. The van der Waals surface area contributed by atoms with E-state index in [0.717, 1.165) is 0 Å². The van der Waals surface area contributed by atoms with Crippen LogP contribution in [-0.4, -0.2) is 27.4 Å². The Morgan fingerprint density at radius 2 is 2.19 bits per heavy atom. The summed E-state index contributed by atoms with van der Waals surface area (Å²) in [5.74, 6) is 3.38. The quantitative estimate of drug-likeness (QED) is 0.578. The fourth-order valence-corrected chi connectivity index (χ4v) is 3.46. The lowest BCUT2D eigenvalue weighted by Crippen LogP contribution is -2.03. The molecule has 0 fully saturated rings. The van der Waals surface area contributed by atoms with Crippen LogP contribution in [0.5, 0.6) is 0 Å². The Bertz CT molecular complexity index is 582. The Morgan fingerprint density at radius 3 is 2.81 bits per heavy atom. The van der Waals surface area contributed by atoms with Crippen LogP contribution in [0.25, 0.3) is 0 Å². The van der Waals surface area contributed by atoms with Gasteiger partial charge < -0.3 is 0 Å². The van der Waals surface area contributed by atoms with E-state index in [1.54, 1.807) is 25.1 Å².